The van der Waals surface area contributed by atoms with Crippen molar-refractivity contribution < 1.29 is 20.8 Å². The number of rotatable bonds is 5. The highest BCUT2D eigenvalue weighted by molar-refractivity contribution is 4.52. The normalized spacial score (nSPS) is 14.5. The van der Waals surface area contributed by atoms with Crippen molar-refractivity contribution in [1.82, 2.24) is 10.5 Å². The van der Waals surface area contributed by atoms with E-state index in [4.69, 9.17) is 20.8 Å². The first kappa shape index (κ1) is 10.8. The van der Waals surface area contributed by atoms with Crippen LogP contribution in [0.5, 0.6) is 0 Å². The molecule has 0 fully saturated rings. The zero-order valence-corrected chi connectivity index (χ0v) is 6.38. The minimum Gasteiger partial charge on any atom is -0.290 e. The van der Waals surface area contributed by atoms with Gasteiger partial charge < -0.3 is 0 Å². The molecule has 0 radical (unpaired) electrons. The average Bonchev–Trinajstić information content (AvgIpc) is 1.86. The third kappa shape index (κ3) is 6.17. The van der Waals surface area contributed by atoms with E-state index in [9.17, 15) is 0 Å². The van der Waals surface area contributed by atoms with Crippen LogP contribution in [0.4, 0.5) is 0 Å². The predicted octanol–water partition coefficient (Wildman–Crippen LogP) is 0.316. The number of nitrogens with zero attached hydrogens (tertiary/aromatic N) is 2. The summed E-state index contributed by atoms with van der Waals surface area (Å²) >= 11 is 0. The van der Waals surface area contributed by atoms with Crippen LogP contribution in [0.1, 0.15) is 19.8 Å². The lowest BCUT2D eigenvalue weighted by Gasteiger charge is -2.15. The molecule has 0 heterocycles. The molecule has 0 aliphatic carbocycles. The molecule has 0 spiro atoms. The second-order valence-electron chi connectivity index (χ2n) is 2.41. The fourth-order valence-electron chi connectivity index (χ4n) is 0.644. The second-order valence-corrected chi connectivity index (χ2v) is 2.41. The quantitative estimate of drug-likeness (QED) is 0.440. The van der Waals surface area contributed by atoms with E-state index in [0.717, 1.165) is 0 Å². The standard InChI is InChI=1S/C5H14N2O4/c1-5(7(10)11)3-2-4-6(8)9/h5,8-11H,2-4H2,1H3. The third-order valence-corrected chi connectivity index (χ3v) is 1.37. The van der Waals surface area contributed by atoms with Crippen LogP contribution in [0.15, 0.2) is 0 Å². The Bertz CT molecular complexity index is 98.5. The van der Waals surface area contributed by atoms with Gasteiger partial charge in [-0.2, -0.15) is 0 Å². The van der Waals surface area contributed by atoms with E-state index in [1.54, 1.807) is 6.92 Å². The summed E-state index contributed by atoms with van der Waals surface area (Å²) in [6.45, 7) is 1.71. The largest absolute Gasteiger partial charge is 0.290 e. The Morgan fingerprint density at radius 2 is 1.73 bits per heavy atom. The molecule has 1 unspecified atom stereocenters. The Balaban J connectivity index is 3.24. The Morgan fingerprint density at radius 3 is 2.09 bits per heavy atom. The van der Waals surface area contributed by atoms with E-state index >= 15 is 0 Å². The van der Waals surface area contributed by atoms with Crippen molar-refractivity contribution in [3.8, 4) is 0 Å². The monoisotopic (exact) mass is 166 g/mol. The van der Waals surface area contributed by atoms with E-state index in [1.807, 2.05) is 0 Å². The van der Waals surface area contributed by atoms with E-state index in [0.29, 0.717) is 12.8 Å². The van der Waals surface area contributed by atoms with Crippen molar-refractivity contribution in [2.45, 2.75) is 25.8 Å². The highest BCUT2D eigenvalue weighted by Crippen LogP contribution is 2.01. The number of hydroxylamine groups is 4. The van der Waals surface area contributed by atoms with Crippen molar-refractivity contribution in [2.75, 3.05) is 6.54 Å². The number of hydrogen-bond acceptors (Lipinski definition) is 6. The molecule has 1 atom stereocenters. The summed E-state index contributed by atoms with van der Waals surface area (Å²) in [6, 6.07) is -0.394. The first-order chi connectivity index (χ1) is 5.04. The SMILES string of the molecule is CC(CCCN(O)O)N(O)O. The summed E-state index contributed by atoms with van der Waals surface area (Å²) < 4.78 is 0. The molecule has 0 bridgehead atoms. The van der Waals surface area contributed by atoms with Gasteiger partial charge in [0.15, 0.2) is 0 Å². The van der Waals surface area contributed by atoms with Crippen molar-refractivity contribution in [3.05, 3.63) is 0 Å². The van der Waals surface area contributed by atoms with Gasteiger partial charge in [0.25, 0.3) is 0 Å². The van der Waals surface area contributed by atoms with Crippen molar-refractivity contribution in [1.29, 1.82) is 0 Å². The topological polar surface area (TPSA) is 87.4 Å². The predicted molar refractivity (Wildman–Crippen MR) is 34.4 cm³/mol. The first-order valence-electron chi connectivity index (χ1n) is 3.36. The van der Waals surface area contributed by atoms with Crippen LogP contribution in [0.3, 0.4) is 0 Å². The van der Waals surface area contributed by atoms with E-state index in [1.165, 1.54) is 0 Å². The van der Waals surface area contributed by atoms with Crippen LogP contribution in [0.25, 0.3) is 0 Å². The highest BCUT2D eigenvalue weighted by atomic mass is 16.8. The van der Waals surface area contributed by atoms with Gasteiger partial charge >= 0.3 is 0 Å². The summed E-state index contributed by atoms with van der Waals surface area (Å²) in [4.78, 5) is 0. The first-order valence-corrected chi connectivity index (χ1v) is 3.36. The van der Waals surface area contributed by atoms with Crippen LogP contribution < -0.4 is 0 Å². The Hall–Kier alpha value is -0.240. The summed E-state index contributed by atoms with van der Waals surface area (Å²) in [5.74, 6) is 0. The summed E-state index contributed by atoms with van der Waals surface area (Å²) in [7, 11) is 0. The van der Waals surface area contributed by atoms with Gasteiger partial charge in [-0.15, -0.1) is 0 Å². The van der Waals surface area contributed by atoms with Gasteiger partial charge in [-0.25, -0.2) is 0 Å². The maximum Gasteiger partial charge on any atom is 0.0596 e. The smallest absolute Gasteiger partial charge is 0.0596 e. The second kappa shape index (κ2) is 5.42. The molecule has 0 amide bonds. The minimum absolute atomic E-state index is 0.0752. The van der Waals surface area contributed by atoms with Gasteiger partial charge in [-0.05, 0) is 19.8 Å². The highest BCUT2D eigenvalue weighted by Gasteiger charge is 2.07. The molecule has 0 aromatic heterocycles. The molecular weight excluding hydrogens is 152 g/mol. The van der Waals surface area contributed by atoms with Gasteiger partial charge in [0.1, 0.15) is 0 Å². The molecule has 6 nitrogen and oxygen atoms in total. The molecule has 0 saturated heterocycles. The van der Waals surface area contributed by atoms with Crippen molar-refractivity contribution in [3.63, 3.8) is 0 Å². The molecule has 4 N–H and O–H groups in total. The van der Waals surface area contributed by atoms with Crippen LogP contribution >= 0.6 is 0 Å². The molecule has 0 saturated carbocycles. The molecule has 6 heteroatoms. The van der Waals surface area contributed by atoms with E-state index in [2.05, 4.69) is 0 Å². The van der Waals surface area contributed by atoms with Gasteiger partial charge in [-0.3, -0.25) is 20.8 Å². The van der Waals surface area contributed by atoms with Gasteiger partial charge in [0, 0.05) is 0 Å². The molecule has 0 aromatic rings. The van der Waals surface area contributed by atoms with Gasteiger partial charge in [0.2, 0.25) is 0 Å². The molecule has 0 aromatic carbocycles. The average molecular weight is 166 g/mol. The Labute approximate surface area is 64.7 Å². The lowest BCUT2D eigenvalue weighted by molar-refractivity contribution is -0.332. The third-order valence-electron chi connectivity index (χ3n) is 1.37. The molecule has 0 aliphatic heterocycles. The zero-order valence-electron chi connectivity index (χ0n) is 6.38. The van der Waals surface area contributed by atoms with Crippen molar-refractivity contribution >= 4 is 0 Å². The number of hydrogen-bond donors (Lipinski definition) is 4. The summed E-state index contributed by atoms with van der Waals surface area (Å²) in [6.07, 6.45) is 0.955. The molecule has 0 aliphatic rings. The van der Waals surface area contributed by atoms with Crippen molar-refractivity contribution in [2.24, 2.45) is 0 Å². The summed E-state index contributed by atoms with van der Waals surface area (Å²) in [5.41, 5.74) is 0. The zero-order chi connectivity index (χ0) is 8.85. The van der Waals surface area contributed by atoms with Crippen LogP contribution in [-0.2, 0) is 0 Å². The van der Waals surface area contributed by atoms with Gasteiger partial charge in [-0.1, -0.05) is 10.5 Å². The molecule has 0 rings (SSSR count). The van der Waals surface area contributed by atoms with E-state index in [-0.39, 0.29) is 17.0 Å². The molecule has 11 heavy (non-hydrogen) atoms. The van der Waals surface area contributed by atoms with Crippen LogP contribution in [0.2, 0.25) is 0 Å². The Kier molecular flexibility index (Phi) is 5.30. The van der Waals surface area contributed by atoms with E-state index < -0.39 is 6.04 Å². The lowest BCUT2D eigenvalue weighted by Crippen LogP contribution is -2.27. The van der Waals surface area contributed by atoms with Crippen LogP contribution in [0, 0.1) is 0 Å². The fourth-order valence-corrected chi connectivity index (χ4v) is 0.644. The Morgan fingerprint density at radius 1 is 1.18 bits per heavy atom. The lowest BCUT2D eigenvalue weighted by atomic mass is 10.2. The molecule has 68 valence electrons. The maximum absolute atomic E-state index is 8.44. The minimum atomic E-state index is -0.394. The van der Waals surface area contributed by atoms with Gasteiger partial charge in [0.05, 0.1) is 12.6 Å². The fraction of sp³-hybridized carbons (Fsp3) is 1.00. The molecular formula is C5H14N2O4. The van der Waals surface area contributed by atoms with Crippen LogP contribution in [-0.4, -0.2) is 43.9 Å². The maximum atomic E-state index is 8.44. The summed E-state index contributed by atoms with van der Waals surface area (Å²) in [5, 5.41) is 33.6.